The van der Waals surface area contributed by atoms with Gasteiger partial charge in [0.05, 0.1) is 6.61 Å². The topological polar surface area (TPSA) is 68.3 Å². The fraction of sp³-hybridized carbons (Fsp3) is 0.417. The first-order valence-corrected chi connectivity index (χ1v) is 6.06. The van der Waals surface area contributed by atoms with Crippen LogP contribution in [0.5, 0.6) is 0 Å². The Hall–Kier alpha value is -1.62. The summed E-state index contributed by atoms with van der Waals surface area (Å²) in [6.07, 6.45) is 2.29. The molecule has 1 amide bonds. The number of pyridine rings is 1. The van der Waals surface area contributed by atoms with Crippen molar-refractivity contribution >= 4 is 23.5 Å². The Morgan fingerprint density at radius 1 is 1.50 bits per heavy atom. The van der Waals surface area contributed by atoms with Crippen LogP contribution in [0.1, 0.15) is 30.3 Å². The van der Waals surface area contributed by atoms with Crippen LogP contribution in [0.3, 0.4) is 0 Å². The van der Waals surface area contributed by atoms with E-state index in [0.29, 0.717) is 24.6 Å². The Labute approximate surface area is 110 Å². The smallest absolute Gasteiger partial charge is 0.305 e. The van der Waals surface area contributed by atoms with Crippen LogP contribution in [0, 0.1) is 0 Å². The molecular formula is C12H15ClN2O3. The lowest BCUT2D eigenvalue weighted by Crippen LogP contribution is -2.25. The molecule has 1 heterocycles. The van der Waals surface area contributed by atoms with Crippen molar-refractivity contribution in [1.29, 1.82) is 0 Å². The van der Waals surface area contributed by atoms with Gasteiger partial charge in [-0.05, 0) is 25.5 Å². The Bertz CT molecular complexity index is 424. The lowest BCUT2D eigenvalue weighted by atomic mass is 10.3. The number of esters is 1. The molecule has 98 valence electrons. The van der Waals surface area contributed by atoms with Gasteiger partial charge in [0.15, 0.2) is 0 Å². The highest BCUT2D eigenvalue weighted by Gasteiger charge is 2.07. The second-order valence-electron chi connectivity index (χ2n) is 3.52. The minimum absolute atomic E-state index is 0.257. The zero-order valence-corrected chi connectivity index (χ0v) is 10.9. The van der Waals surface area contributed by atoms with Crippen molar-refractivity contribution < 1.29 is 14.3 Å². The number of nitrogens with one attached hydrogen (secondary N) is 1. The molecule has 0 bridgehead atoms. The summed E-state index contributed by atoms with van der Waals surface area (Å²) in [6.45, 7) is 2.52. The van der Waals surface area contributed by atoms with Gasteiger partial charge in [-0.3, -0.25) is 14.6 Å². The minimum atomic E-state index is -0.304. The van der Waals surface area contributed by atoms with E-state index in [4.69, 9.17) is 16.3 Å². The zero-order valence-electron chi connectivity index (χ0n) is 10.1. The van der Waals surface area contributed by atoms with Gasteiger partial charge in [-0.25, -0.2) is 0 Å². The monoisotopic (exact) mass is 270 g/mol. The zero-order chi connectivity index (χ0) is 13.4. The first-order chi connectivity index (χ1) is 8.63. The van der Waals surface area contributed by atoms with Crippen molar-refractivity contribution in [2.24, 2.45) is 0 Å². The van der Waals surface area contributed by atoms with E-state index >= 15 is 0 Å². The molecule has 0 saturated heterocycles. The van der Waals surface area contributed by atoms with Crippen molar-refractivity contribution in [3.05, 3.63) is 29.0 Å². The van der Waals surface area contributed by atoms with Gasteiger partial charge in [0, 0.05) is 24.2 Å². The lowest BCUT2D eigenvalue weighted by molar-refractivity contribution is -0.143. The Morgan fingerprint density at radius 3 is 2.94 bits per heavy atom. The molecule has 1 N–H and O–H groups in total. The first kappa shape index (κ1) is 14.4. The molecule has 0 saturated carbocycles. The van der Waals surface area contributed by atoms with Crippen LogP contribution in [-0.2, 0) is 9.53 Å². The highest BCUT2D eigenvalue weighted by Crippen LogP contribution is 2.07. The molecular weight excluding hydrogens is 256 g/mol. The number of hydrogen-bond donors (Lipinski definition) is 1. The minimum Gasteiger partial charge on any atom is -0.466 e. The van der Waals surface area contributed by atoms with Gasteiger partial charge in [0.25, 0.3) is 5.91 Å². The summed E-state index contributed by atoms with van der Waals surface area (Å²) in [5.74, 6) is -0.561. The predicted octanol–water partition coefficient (Wildman–Crippen LogP) is 1.81. The molecule has 0 aliphatic rings. The molecule has 0 unspecified atom stereocenters. The number of ether oxygens (including phenoxy) is 1. The Kier molecular flexibility index (Phi) is 6.14. The van der Waals surface area contributed by atoms with Gasteiger partial charge in [0.1, 0.15) is 5.69 Å². The molecule has 0 radical (unpaired) electrons. The number of aromatic nitrogens is 1. The maximum atomic E-state index is 11.6. The van der Waals surface area contributed by atoms with E-state index in [-0.39, 0.29) is 24.0 Å². The maximum absolute atomic E-state index is 11.6. The van der Waals surface area contributed by atoms with E-state index < -0.39 is 0 Å². The van der Waals surface area contributed by atoms with Crippen LogP contribution in [0.15, 0.2) is 18.3 Å². The van der Waals surface area contributed by atoms with Crippen molar-refractivity contribution in [3.8, 4) is 0 Å². The molecule has 0 atom stereocenters. The Morgan fingerprint density at radius 2 is 2.28 bits per heavy atom. The van der Waals surface area contributed by atoms with E-state index in [1.807, 2.05) is 0 Å². The molecule has 0 spiro atoms. The van der Waals surface area contributed by atoms with E-state index in [0.717, 1.165) is 0 Å². The van der Waals surface area contributed by atoms with Crippen LogP contribution in [0.25, 0.3) is 0 Å². The quantitative estimate of drug-likeness (QED) is 0.632. The van der Waals surface area contributed by atoms with Crippen LogP contribution in [-0.4, -0.2) is 30.0 Å². The third kappa shape index (κ3) is 5.14. The van der Waals surface area contributed by atoms with Gasteiger partial charge < -0.3 is 10.1 Å². The number of rotatable bonds is 6. The molecule has 0 fully saturated rings. The van der Waals surface area contributed by atoms with Crippen LogP contribution in [0.2, 0.25) is 5.02 Å². The average molecular weight is 271 g/mol. The second kappa shape index (κ2) is 7.66. The number of carbonyl (C=O) groups is 2. The van der Waals surface area contributed by atoms with Crippen molar-refractivity contribution in [2.75, 3.05) is 13.2 Å². The number of amides is 1. The van der Waals surface area contributed by atoms with Crippen molar-refractivity contribution in [2.45, 2.75) is 19.8 Å². The fourth-order valence-electron chi connectivity index (χ4n) is 1.29. The van der Waals surface area contributed by atoms with E-state index in [1.165, 1.54) is 12.3 Å². The van der Waals surface area contributed by atoms with Gasteiger partial charge in [-0.15, -0.1) is 0 Å². The van der Waals surface area contributed by atoms with Crippen LogP contribution < -0.4 is 5.32 Å². The second-order valence-corrected chi connectivity index (χ2v) is 3.96. The average Bonchev–Trinajstić information content (AvgIpc) is 2.35. The van der Waals surface area contributed by atoms with Gasteiger partial charge >= 0.3 is 5.97 Å². The number of carbonyl (C=O) groups excluding carboxylic acids is 2. The molecule has 1 aromatic heterocycles. The fourth-order valence-corrected chi connectivity index (χ4v) is 1.45. The van der Waals surface area contributed by atoms with E-state index in [9.17, 15) is 9.59 Å². The summed E-state index contributed by atoms with van der Waals surface area (Å²) in [5, 5.41) is 3.12. The van der Waals surface area contributed by atoms with E-state index in [1.54, 1.807) is 13.0 Å². The summed E-state index contributed by atoms with van der Waals surface area (Å²) in [6, 6.07) is 3.08. The molecule has 1 rings (SSSR count). The van der Waals surface area contributed by atoms with Crippen LogP contribution >= 0.6 is 11.6 Å². The van der Waals surface area contributed by atoms with Gasteiger partial charge in [-0.1, -0.05) is 11.6 Å². The molecule has 0 aliphatic carbocycles. The summed E-state index contributed by atoms with van der Waals surface area (Å²) in [7, 11) is 0. The Balaban J connectivity index is 2.27. The van der Waals surface area contributed by atoms with Crippen LogP contribution in [0.4, 0.5) is 0 Å². The SMILES string of the molecule is CCOC(=O)CCCNC(=O)c1cc(Cl)ccn1. The summed E-state index contributed by atoms with van der Waals surface area (Å²) >= 11 is 5.75. The van der Waals surface area contributed by atoms with Gasteiger partial charge in [0.2, 0.25) is 0 Å². The lowest BCUT2D eigenvalue weighted by Gasteiger charge is -2.04. The standard InChI is InChI=1S/C12H15ClN2O3/c1-2-18-11(16)4-3-6-15-12(17)10-8-9(13)5-7-14-10/h5,7-8H,2-4,6H2,1H3,(H,15,17). The molecule has 0 aliphatic heterocycles. The highest BCUT2D eigenvalue weighted by atomic mass is 35.5. The third-order valence-electron chi connectivity index (χ3n) is 2.10. The highest BCUT2D eigenvalue weighted by molar-refractivity contribution is 6.30. The number of nitrogens with zero attached hydrogens (tertiary/aromatic N) is 1. The number of hydrogen-bond acceptors (Lipinski definition) is 4. The molecule has 5 nitrogen and oxygen atoms in total. The van der Waals surface area contributed by atoms with E-state index in [2.05, 4.69) is 10.3 Å². The van der Waals surface area contributed by atoms with Gasteiger partial charge in [-0.2, -0.15) is 0 Å². The largest absolute Gasteiger partial charge is 0.466 e. The summed E-state index contributed by atoms with van der Waals surface area (Å²) in [4.78, 5) is 26.6. The molecule has 6 heteroatoms. The molecule has 0 aromatic carbocycles. The predicted molar refractivity (Wildman–Crippen MR) is 67.4 cm³/mol. The third-order valence-corrected chi connectivity index (χ3v) is 2.34. The number of halogens is 1. The summed E-state index contributed by atoms with van der Waals surface area (Å²) < 4.78 is 4.77. The molecule has 18 heavy (non-hydrogen) atoms. The summed E-state index contributed by atoms with van der Waals surface area (Å²) in [5.41, 5.74) is 0.263. The molecule has 1 aromatic rings. The normalized spacial score (nSPS) is 9.89. The van der Waals surface area contributed by atoms with Crippen molar-refractivity contribution in [1.82, 2.24) is 10.3 Å². The van der Waals surface area contributed by atoms with Crippen molar-refractivity contribution in [3.63, 3.8) is 0 Å². The first-order valence-electron chi connectivity index (χ1n) is 5.69. The maximum Gasteiger partial charge on any atom is 0.305 e.